The van der Waals surface area contributed by atoms with Crippen LogP contribution in [0, 0.1) is 0 Å². The largest absolute Gasteiger partial charge is 0.480 e. The molecule has 162 valence electrons. The lowest BCUT2D eigenvalue weighted by molar-refractivity contribution is -0.152. The molecule has 30 heavy (non-hydrogen) atoms. The monoisotopic (exact) mass is 437 g/mol. The molecule has 0 bridgehead atoms. The Bertz CT molecular complexity index is 813. The Balaban J connectivity index is 1.67. The highest BCUT2D eigenvalue weighted by Crippen LogP contribution is 2.14. The van der Waals surface area contributed by atoms with E-state index < -0.39 is 30.4 Å². The van der Waals surface area contributed by atoms with Gasteiger partial charge in [0.1, 0.15) is 19.3 Å². The third kappa shape index (κ3) is 7.16. The smallest absolute Gasteiger partial charge is 0.327 e. The van der Waals surface area contributed by atoms with Gasteiger partial charge in [-0.3, -0.25) is 24.1 Å². The van der Waals surface area contributed by atoms with Gasteiger partial charge in [0.15, 0.2) is 0 Å². The van der Waals surface area contributed by atoms with Crippen LogP contribution < -0.4 is 10.6 Å². The number of nitrogens with one attached hydrogen (secondary N) is 2. The van der Waals surface area contributed by atoms with Crippen molar-refractivity contribution in [2.24, 2.45) is 0 Å². The molecule has 3 N–H and O–H groups in total. The van der Waals surface area contributed by atoms with Gasteiger partial charge in [0.25, 0.3) is 0 Å². The van der Waals surface area contributed by atoms with Gasteiger partial charge in [-0.25, -0.2) is 4.79 Å². The van der Waals surface area contributed by atoms with E-state index in [1.807, 2.05) is 0 Å². The van der Waals surface area contributed by atoms with Gasteiger partial charge in [0.05, 0.1) is 0 Å². The molecule has 10 nitrogen and oxygen atoms in total. The molecule has 1 aromatic carbocycles. The number of amides is 4. The molecule has 0 radical (unpaired) electrons. The molecule has 1 aliphatic heterocycles. The molecule has 0 spiro atoms. The van der Waals surface area contributed by atoms with Gasteiger partial charge in [-0.05, 0) is 24.1 Å². The molecule has 1 heterocycles. The number of nitrogens with zero attached hydrogens (tertiary/aromatic N) is 1. The number of likely N-dealkylation sites (tertiary alicyclic amines) is 1. The third-order valence-electron chi connectivity index (χ3n) is 4.30. The Labute approximate surface area is 178 Å². The van der Waals surface area contributed by atoms with E-state index in [1.54, 1.807) is 24.3 Å². The SMILES string of the molecule is O=C(COCC(=O)NC(CS)C(=O)O)Nc1ccc(CCC(=O)N2CCC2=O)cc1. The van der Waals surface area contributed by atoms with Gasteiger partial charge in [-0.1, -0.05) is 12.1 Å². The van der Waals surface area contributed by atoms with Crippen molar-refractivity contribution in [1.29, 1.82) is 0 Å². The number of carboxylic acid groups (broad SMARTS) is 1. The molecular weight excluding hydrogens is 414 g/mol. The number of aryl methyl sites for hydroxylation is 1. The fraction of sp³-hybridized carbons (Fsp3) is 0.421. The fourth-order valence-electron chi connectivity index (χ4n) is 2.57. The van der Waals surface area contributed by atoms with Gasteiger partial charge >= 0.3 is 5.97 Å². The summed E-state index contributed by atoms with van der Waals surface area (Å²) in [6.07, 6.45) is 1.15. The van der Waals surface area contributed by atoms with E-state index in [9.17, 15) is 24.0 Å². The van der Waals surface area contributed by atoms with Crippen molar-refractivity contribution in [1.82, 2.24) is 10.2 Å². The second-order valence-corrected chi connectivity index (χ2v) is 6.93. The second kappa shape index (κ2) is 11.3. The minimum Gasteiger partial charge on any atom is -0.480 e. The van der Waals surface area contributed by atoms with Crippen LogP contribution in [-0.4, -0.2) is 71.2 Å². The standard InChI is InChI=1S/C19H23N3O7S/c23-15(9-29-10-16(24)21-14(11-30)19(27)28)20-13-4-1-12(2-5-13)3-6-17(25)22-8-7-18(22)26/h1-2,4-5,14,30H,3,6-11H2,(H,20,23)(H,21,24)(H,27,28). The number of carbonyl (C=O) groups excluding carboxylic acids is 4. The Morgan fingerprint density at radius 1 is 1.13 bits per heavy atom. The van der Waals surface area contributed by atoms with Crippen LogP contribution in [0.15, 0.2) is 24.3 Å². The van der Waals surface area contributed by atoms with Crippen molar-refractivity contribution < 1.29 is 33.8 Å². The molecular formula is C19H23N3O7S. The normalized spacial score (nSPS) is 13.9. The van der Waals surface area contributed by atoms with Crippen molar-refractivity contribution in [2.45, 2.75) is 25.3 Å². The number of anilines is 1. The molecule has 1 fully saturated rings. The number of benzene rings is 1. The van der Waals surface area contributed by atoms with Crippen LogP contribution in [0.2, 0.25) is 0 Å². The van der Waals surface area contributed by atoms with E-state index in [0.717, 1.165) is 5.56 Å². The predicted octanol–water partition coefficient (Wildman–Crippen LogP) is -0.168. The van der Waals surface area contributed by atoms with Gasteiger partial charge in [0.2, 0.25) is 23.6 Å². The Hall–Kier alpha value is -2.92. The highest BCUT2D eigenvalue weighted by molar-refractivity contribution is 7.80. The summed E-state index contributed by atoms with van der Waals surface area (Å²) >= 11 is 3.83. The van der Waals surface area contributed by atoms with E-state index in [4.69, 9.17) is 9.84 Å². The van der Waals surface area contributed by atoms with Crippen LogP contribution in [0.5, 0.6) is 0 Å². The number of carbonyl (C=O) groups is 5. The third-order valence-corrected chi connectivity index (χ3v) is 4.66. The van der Waals surface area contributed by atoms with E-state index in [-0.39, 0.29) is 30.6 Å². The minimum absolute atomic E-state index is 0.0674. The summed E-state index contributed by atoms with van der Waals surface area (Å²) in [5.74, 6) is -2.75. The average Bonchev–Trinajstić information content (AvgIpc) is 2.70. The van der Waals surface area contributed by atoms with Crippen molar-refractivity contribution in [3.05, 3.63) is 29.8 Å². The first kappa shape index (κ1) is 23.4. The highest BCUT2D eigenvalue weighted by atomic mass is 32.1. The Morgan fingerprint density at radius 3 is 2.33 bits per heavy atom. The van der Waals surface area contributed by atoms with Crippen LogP contribution in [-0.2, 0) is 35.1 Å². The van der Waals surface area contributed by atoms with Crippen molar-refractivity contribution in [3.63, 3.8) is 0 Å². The number of hydrogen-bond acceptors (Lipinski definition) is 7. The average molecular weight is 437 g/mol. The first-order valence-electron chi connectivity index (χ1n) is 9.23. The summed E-state index contributed by atoms with van der Waals surface area (Å²) in [7, 11) is 0. The van der Waals surface area contributed by atoms with E-state index in [2.05, 4.69) is 23.3 Å². The van der Waals surface area contributed by atoms with Crippen molar-refractivity contribution in [2.75, 3.05) is 30.8 Å². The van der Waals surface area contributed by atoms with Crippen molar-refractivity contribution >= 4 is 47.9 Å². The van der Waals surface area contributed by atoms with Crippen LogP contribution in [0.4, 0.5) is 5.69 Å². The number of carboxylic acids is 1. The number of aliphatic carboxylic acids is 1. The zero-order valence-electron chi connectivity index (χ0n) is 16.1. The lowest BCUT2D eigenvalue weighted by Gasteiger charge is -2.28. The molecule has 0 aromatic heterocycles. The first-order chi connectivity index (χ1) is 14.3. The zero-order valence-corrected chi connectivity index (χ0v) is 17.0. The molecule has 1 saturated heterocycles. The number of rotatable bonds is 11. The molecule has 1 unspecified atom stereocenters. The van der Waals surface area contributed by atoms with E-state index in [1.165, 1.54) is 4.90 Å². The van der Waals surface area contributed by atoms with Gasteiger partial charge in [0, 0.05) is 30.8 Å². The summed E-state index contributed by atoms with van der Waals surface area (Å²) in [6, 6.07) is 5.74. The van der Waals surface area contributed by atoms with Crippen LogP contribution in [0.1, 0.15) is 18.4 Å². The topological polar surface area (TPSA) is 142 Å². The summed E-state index contributed by atoms with van der Waals surface area (Å²) in [5.41, 5.74) is 1.40. The van der Waals surface area contributed by atoms with Crippen LogP contribution in [0.25, 0.3) is 0 Å². The number of thiol groups is 1. The van der Waals surface area contributed by atoms with E-state index in [0.29, 0.717) is 25.1 Å². The first-order valence-corrected chi connectivity index (χ1v) is 9.86. The van der Waals surface area contributed by atoms with Crippen LogP contribution >= 0.6 is 12.6 Å². The molecule has 0 aliphatic carbocycles. The lowest BCUT2D eigenvalue weighted by Crippen LogP contribution is -2.47. The maximum atomic E-state index is 11.9. The van der Waals surface area contributed by atoms with Gasteiger partial charge in [-0.2, -0.15) is 12.6 Å². The summed E-state index contributed by atoms with van der Waals surface area (Å²) < 4.78 is 4.98. The van der Waals surface area contributed by atoms with Crippen molar-refractivity contribution in [3.8, 4) is 0 Å². The maximum absolute atomic E-state index is 11.9. The summed E-state index contributed by atoms with van der Waals surface area (Å²) in [6.45, 7) is -0.356. The number of β-lactam (4-membered cyclic amide) rings is 1. The molecule has 11 heteroatoms. The Morgan fingerprint density at radius 2 is 1.80 bits per heavy atom. The predicted molar refractivity (Wildman–Crippen MR) is 109 cm³/mol. The molecule has 1 aliphatic rings. The molecule has 1 aromatic rings. The number of imide groups is 1. The van der Waals surface area contributed by atoms with Gasteiger partial charge in [-0.15, -0.1) is 0 Å². The number of ether oxygens (including phenoxy) is 1. The molecule has 2 rings (SSSR count). The minimum atomic E-state index is -1.21. The summed E-state index contributed by atoms with van der Waals surface area (Å²) in [4.78, 5) is 58.6. The molecule has 4 amide bonds. The zero-order chi connectivity index (χ0) is 22.1. The number of hydrogen-bond donors (Lipinski definition) is 4. The summed E-state index contributed by atoms with van der Waals surface area (Å²) in [5, 5.41) is 13.6. The highest BCUT2D eigenvalue weighted by Gasteiger charge is 2.29. The second-order valence-electron chi connectivity index (χ2n) is 6.57. The quantitative estimate of drug-likeness (QED) is 0.278. The maximum Gasteiger partial charge on any atom is 0.327 e. The van der Waals surface area contributed by atoms with E-state index >= 15 is 0 Å². The fourth-order valence-corrected chi connectivity index (χ4v) is 2.82. The lowest BCUT2D eigenvalue weighted by atomic mass is 10.1. The molecule has 0 saturated carbocycles. The van der Waals surface area contributed by atoms with Crippen LogP contribution in [0.3, 0.4) is 0 Å². The van der Waals surface area contributed by atoms with Gasteiger partial charge < -0.3 is 20.5 Å². The molecule has 1 atom stereocenters. The Kier molecular flexibility index (Phi) is 8.81.